The summed E-state index contributed by atoms with van der Waals surface area (Å²) in [4.78, 5) is 32.8. The second-order valence-electron chi connectivity index (χ2n) is 4.96. The van der Waals surface area contributed by atoms with Crippen LogP contribution in [0, 0.1) is 0 Å². The normalized spacial score (nSPS) is 17.1. The number of sulfonamides is 1. The Hall–Kier alpha value is -2.67. The van der Waals surface area contributed by atoms with Crippen molar-refractivity contribution in [1.82, 2.24) is 14.9 Å². The van der Waals surface area contributed by atoms with Crippen molar-refractivity contribution < 1.29 is 27.5 Å². The number of hydrogen-bond acceptors (Lipinski definition) is 10. The van der Waals surface area contributed by atoms with Gasteiger partial charge in [0.05, 0.1) is 14.2 Å². The van der Waals surface area contributed by atoms with Crippen LogP contribution in [0.15, 0.2) is 26.3 Å². The van der Waals surface area contributed by atoms with Gasteiger partial charge in [0.2, 0.25) is 5.96 Å². The molecule has 2 heterocycles. The van der Waals surface area contributed by atoms with Crippen molar-refractivity contribution in [2.45, 2.75) is 18.0 Å². The molecule has 1 aliphatic rings. The number of carbonyl (C=O) groups excluding carboxylic acids is 2. The summed E-state index contributed by atoms with van der Waals surface area (Å²) in [6, 6.07) is 0.191. The molecule has 0 bridgehead atoms. The minimum absolute atomic E-state index is 0.0413. The summed E-state index contributed by atoms with van der Waals surface area (Å²) >= 11 is 0.886. The Morgan fingerprint density at radius 2 is 2.04 bits per heavy atom. The van der Waals surface area contributed by atoms with Gasteiger partial charge < -0.3 is 14.4 Å². The zero-order valence-corrected chi connectivity index (χ0v) is 16.0. The van der Waals surface area contributed by atoms with Crippen molar-refractivity contribution in [2.24, 2.45) is 9.98 Å². The summed E-state index contributed by atoms with van der Waals surface area (Å²) in [5.41, 5.74) is 0. The molecule has 11 nitrogen and oxygen atoms in total. The van der Waals surface area contributed by atoms with Crippen LogP contribution in [0.25, 0.3) is 0 Å². The third-order valence-corrected chi connectivity index (χ3v) is 5.71. The van der Waals surface area contributed by atoms with E-state index in [2.05, 4.69) is 20.0 Å². The summed E-state index contributed by atoms with van der Waals surface area (Å²) in [5.74, 6) is -0.762. The van der Waals surface area contributed by atoms with Crippen LogP contribution in [0.4, 0.5) is 4.79 Å². The number of rotatable bonds is 3. The Kier molecular flexibility index (Phi) is 5.82. The molecule has 1 atom stereocenters. The lowest BCUT2D eigenvalue weighted by atomic mass is 10.5. The molecule has 0 radical (unpaired) electrons. The number of amidine groups is 1. The van der Waals surface area contributed by atoms with E-state index in [1.807, 2.05) is 4.72 Å². The fraction of sp³-hybridized carbons (Fsp3) is 0.385. The van der Waals surface area contributed by atoms with Gasteiger partial charge in [0.25, 0.3) is 10.0 Å². The molecule has 1 aliphatic heterocycles. The zero-order valence-electron chi connectivity index (χ0n) is 14.3. The number of nitrogens with one attached hydrogen (secondary N) is 2. The average Bonchev–Trinajstić information content (AvgIpc) is 3.08. The van der Waals surface area contributed by atoms with Crippen LogP contribution in [0.1, 0.15) is 16.6 Å². The highest BCUT2D eigenvalue weighted by Crippen LogP contribution is 2.22. The highest BCUT2D eigenvalue weighted by molar-refractivity contribution is 7.90. The quantitative estimate of drug-likeness (QED) is 0.686. The van der Waals surface area contributed by atoms with Crippen LogP contribution in [-0.4, -0.2) is 64.7 Å². The van der Waals surface area contributed by atoms with E-state index in [4.69, 9.17) is 4.74 Å². The Balaban J connectivity index is 2.17. The molecule has 0 saturated carbocycles. The molecule has 142 valence electrons. The van der Waals surface area contributed by atoms with Gasteiger partial charge in [0, 0.05) is 7.05 Å². The number of nitrogens with zero attached hydrogens (tertiary/aromatic N) is 3. The van der Waals surface area contributed by atoms with Crippen molar-refractivity contribution in [3.63, 3.8) is 0 Å². The molecule has 2 N–H and O–H groups in total. The lowest BCUT2D eigenvalue weighted by molar-refractivity contribution is 0.0602. The predicted octanol–water partition coefficient (Wildman–Crippen LogP) is 0.172. The molecular formula is C13H17N5O6S2. The molecule has 0 aromatic carbocycles. The van der Waals surface area contributed by atoms with Crippen LogP contribution in [-0.2, 0) is 19.5 Å². The Morgan fingerprint density at radius 3 is 2.65 bits per heavy atom. The number of methoxy groups -OCH3 is 2. The number of guanidine groups is 1. The van der Waals surface area contributed by atoms with Gasteiger partial charge in [-0.25, -0.2) is 27.7 Å². The number of urea groups is 1. The SMILES string of the molecule is COC(=O)c1sccc1S(=O)(=O)NC(=O)NC1=NC(OC)=NC(C)N1C. The maximum absolute atomic E-state index is 12.4. The maximum atomic E-state index is 12.4. The van der Waals surface area contributed by atoms with Crippen molar-refractivity contribution in [3.8, 4) is 0 Å². The summed E-state index contributed by atoms with van der Waals surface area (Å²) < 4.78 is 36.0. The first-order valence-electron chi connectivity index (χ1n) is 7.12. The van der Waals surface area contributed by atoms with E-state index in [1.54, 1.807) is 14.0 Å². The number of ether oxygens (including phenoxy) is 2. The van der Waals surface area contributed by atoms with E-state index >= 15 is 0 Å². The second kappa shape index (κ2) is 7.70. The Morgan fingerprint density at radius 1 is 1.35 bits per heavy atom. The molecule has 13 heteroatoms. The molecule has 2 rings (SSSR count). The van der Waals surface area contributed by atoms with E-state index in [9.17, 15) is 18.0 Å². The van der Waals surface area contributed by atoms with Gasteiger partial charge in [-0.2, -0.15) is 4.99 Å². The smallest absolute Gasteiger partial charge is 0.349 e. The lowest BCUT2D eigenvalue weighted by Crippen LogP contribution is -2.52. The number of amides is 2. The van der Waals surface area contributed by atoms with Crippen LogP contribution in [0.3, 0.4) is 0 Å². The summed E-state index contributed by atoms with van der Waals surface area (Å²) in [6.07, 6.45) is -0.378. The molecule has 1 aromatic heterocycles. The first kappa shape index (κ1) is 19.7. The third kappa shape index (κ3) is 4.11. The van der Waals surface area contributed by atoms with E-state index in [0.29, 0.717) is 0 Å². The van der Waals surface area contributed by atoms with Gasteiger partial charge in [0.15, 0.2) is 0 Å². The van der Waals surface area contributed by atoms with E-state index in [0.717, 1.165) is 18.4 Å². The summed E-state index contributed by atoms with van der Waals surface area (Å²) in [6.45, 7) is 1.73. The lowest BCUT2D eigenvalue weighted by Gasteiger charge is -2.28. The fourth-order valence-electron chi connectivity index (χ4n) is 1.89. The topological polar surface area (TPSA) is 139 Å². The van der Waals surface area contributed by atoms with Crippen molar-refractivity contribution >= 4 is 45.3 Å². The van der Waals surface area contributed by atoms with Crippen LogP contribution in [0.5, 0.6) is 0 Å². The highest BCUT2D eigenvalue weighted by atomic mass is 32.2. The predicted molar refractivity (Wildman–Crippen MR) is 93.6 cm³/mol. The molecule has 0 spiro atoms. The zero-order chi connectivity index (χ0) is 19.5. The third-order valence-electron chi connectivity index (χ3n) is 3.32. The van der Waals surface area contributed by atoms with E-state index in [-0.39, 0.29) is 27.9 Å². The van der Waals surface area contributed by atoms with Crippen molar-refractivity contribution in [2.75, 3.05) is 21.3 Å². The summed E-state index contributed by atoms with van der Waals surface area (Å²) in [7, 11) is -0.178. The van der Waals surface area contributed by atoms with Crippen LogP contribution < -0.4 is 10.0 Å². The monoisotopic (exact) mass is 403 g/mol. The summed E-state index contributed by atoms with van der Waals surface area (Å²) in [5, 5.41) is 3.72. The number of thiophene rings is 1. The van der Waals surface area contributed by atoms with Crippen molar-refractivity contribution in [3.05, 3.63) is 16.3 Å². The van der Waals surface area contributed by atoms with E-state index < -0.39 is 22.0 Å². The van der Waals surface area contributed by atoms with Gasteiger partial charge in [-0.15, -0.1) is 11.3 Å². The molecule has 1 unspecified atom stereocenters. The molecule has 2 amide bonds. The molecule has 26 heavy (non-hydrogen) atoms. The largest absolute Gasteiger partial charge is 0.467 e. The number of hydrogen-bond donors (Lipinski definition) is 2. The van der Waals surface area contributed by atoms with Gasteiger partial charge in [-0.3, -0.25) is 5.32 Å². The Labute approximate surface area is 153 Å². The maximum Gasteiger partial charge on any atom is 0.349 e. The first-order chi connectivity index (χ1) is 12.2. The molecule has 0 aliphatic carbocycles. The minimum atomic E-state index is -4.29. The fourth-order valence-corrected chi connectivity index (χ4v) is 4.13. The van der Waals surface area contributed by atoms with Gasteiger partial charge in [0.1, 0.15) is 15.9 Å². The van der Waals surface area contributed by atoms with Crippen molar-refractivity contribution in [1.29, 1.82) is 0 Å². The van der Waals surface area contributed by atoms with Gasteiger partial charge in [-0.05, 0) is 18.4 Å². The molecule has 0 saturated heterocycles. The average molecular weight is 403 g/mol. The van der Waals surface area contributed by atoms with Gasteiger partial charge >= 0.3 is 18.0 Å². The standard InChI is InChI=1S/C13H17N5O6S2/c1-7-14-13(24-4)16-11(18(7)2)15-12(20)17-26(21,22)8-5-6-25-9(8)10(19)23-3/h5-7H,1-4H3,(H2,14,15,16,17,20). The van der Waals surface area contributed by atoms with E-state index in [1.165, 1.54) is 23.5 Å². The molecular weight excluding hydrogens is 386 g/mol. The molecule has 0 fully saturated rings. The number of carbonyl (C=O) groups is 2. The minimum Gasteiger partial charge on any atom is -0.467 e. The Bertz CT molecular complexity index is 875. The first-order valence-corrected chi connectivity index (χ1v) is 9.48. The number of esters is 1. The van der Waals surface area contributed by atoms with Crippen LogP contribution >= 0.6 is 11.3 Å². The highest BCUT2D eigenvalue weighted by Gasteiger charge is 2.28. The second-order valence-corrected chi connectivity index (χ2v) is 7.53. The van der Waals surface area contributed by atoms with Gasteiger partial charge in [-0.1, -0.05) is 0 Å². The number of aliphatic imine (C=N–C) groups is 2. The van der Waals surface area contributed by atoms with Crippen LogP contribution in [0.2, 0.25) is 0 Å². The molecule has 1 aromatic rings.